The van der Waals surface area contributed by atoms with Crippen LogP contribution in [0.5, 0.6) is 0 Å². The molecule has 6 heteroatoms. The number of halogens is 3. The minimum absolute atomic E-state index is 0.700. The highest BCUT2D eigenvalue weighted by Gasteiger charge is 2.28. The molecule has 0 atom stereocenters. The molecule has 0 unspecified atom stereocenters. The molecule has 1 heterocycles. The van der Waals surface area contributed by atoms with Crippen molar-refractivity contribution in [2.45, 2.75) is 0 Å². The zero-order valence-electron chi connectivity index (χ0n) is 5.26. The summed E-state index contributed by atoms with van der Waals surface area (Å²) >= 11 is 0. The fourth-order valence-electron chi connectivity index (χ4n) is 0.623. The van der Waals surface area contributed by atoms with Crippen molar-refractivity contribution in [2.24, 2.45) is 0 Å². The summed E-state index contributed by atoms with van der Waals surface area (Å²) < 4.78 is 39.6. The van der Waals surface area contributed by atoms with Crippen LogP contribution in [0.2, 0.25) is 0 Å². The third kappa shape index (κ3) is 1.63. The summed E-state index contributed by atoms with van der Waals surface area (Å²) in [6.45, 7) is -5.24. The molecule has 0 aliphatic rings. The molecule has 1 aromatic rings. The van der Waals surface area contributed by atoms with Gasteiger partial charge in [-0.2, -0.15) is 0 Å². The molecular formula is C5H3BF3O2-. The molecule has 0 saturated heterocycles. The van der Waals surface area contributed by atoms with Gasteiger partial charge in [-0.3, -0.25) is 0 Å². The van der Waals surface area contributed by atoms with Crippen LogP contribution in [0.15, 0.2) is 27.6 Å². The van der Waals surface area contributed by atoms with Crippen molar-refractivity contribution >= 4 is 12.4 Å². The minimum Gasteiger partial charge on any atom is -0.445 e. The topological polar surface area (TPSA) is 30.2 Å². The van der Waals surface area contributed by atoms with E-state index in [1.54, 1.807) is 0 Å². The van der Waals surface area contributed by atoms with Gasteiger partial charge in [0.1, 0.15) is 0 Å². The van der Waals surface area contributed by atoms with Crippen LogP contribution in [0, 0.1) is 0 Å². The average Bonchev–Trinajstić information content (AvgIpc) is 1.86. The van der Waals surface area contributed by atoms with Crippen LogP contribution in [0.1, 0.15) is 0 Å². The summed E-state index contributed by atoms with van der Waals surface area (Å²) in [7, 11) is 0. The Morgan fingerprint density at radius 2 is 2.00 bits per heavy atom. The third-order valence-corrected chi connectivity index (χ3v) is 1.12. The van der Waals surface area contributed by atoms with Crippen LogP contribution in [0.25, 0.3) is 0 Å². The predicted octanol–water partition coefficient (Wildman–Crippen LogP) is 0.694. The molecule has 1 aromatic heterocycles. The highest BCUT2D eigenvalue weighted by molar-refractivity contribution is 6.73. The molecular weight excluding hydrogens is 160 g/mol. The van der Waals surface area contributed by atoms with E-state index in [-0.39, 0.29) is 0 Å². The van der Waals surface area contributed by atoms with Gasteiger partial charge in [-0.05, 0) is 11.5 Å². The summed E-state index contributed by atoms with van der Waals surface area (Å²) in [6.07, 6.45) is 0.910. The Bertz CT molecular complexity index is 303. The second-order valence-electron chi connectivity index (χ2n) is 1.93. The van der Waals surface area contributed by atoms with Gasteiger partial charge in [-0.15, -0.1) is 0 Å². The van der Waals surface area contributed by atoms with E-state index in [4.69, 9.17) is 0 Å². The molecule has 0 bridgehead atoms. The highest BCUT2D eigenvalue weighted by Crippen LogP contribution is 2.05. The summed E-state index contributed by atoms with van der Waals surface area (Å²) in [5, 5.41) is 0. The van der Waals surface area contributed by atoms with Gasteiger partial charge in [0.25, 0.3) is 0 Å². The Morgan fingerprint density at radius 1 is 1.36 bits per heavy atom. The molecule has 0 aromatic carbocycles. The van der Waals surface area contributed by atoms with Gasteiger partial charge >= 0.3 is 12.6 Å². The minimum atomic E-state index is -5.24. The Kier molecular flexibility index (Phi) is 1.76. The number of rotatable bonds is 1. The maximum atomic E-state index is 11.9. The maximum absolute atomic E-state index is 11.9. The first kappa shape index (κ1) is 7.91. The monoisotopic (exact) mass is 163 g/mol. The predicted molar refractivity (Wildman–Crippen MR) is 33.7 cm³/mol. The Labute approximate surface area is 59.7 Å². The lowest BCUT2D eigenvalue weighted by molar-refractivity contribution is 0.480. The van der Waals surface area contributed by atoms with Crippen LogP contribution in [0.4, 0.5) is 12.9 Å². The van der Waals surface area contributed by atoms with E-state index in [0.29, 0.717) is 6.07 Å². The molecule has 0 saturated carbocycles. The lowest BCUT2D eigenvalue weighted by Crippen LogP contribution is -2.43. The summed E-state index contributed by atoms with van der Waals surface area (Å²) in [5.74, 6) is 0. The van der Waals surface area contributed by atoms with Gasteiger partial charge in [0, 0.05) is 0 Å². The van der Waals surface area contributed by atoms with Crippen molar-refractivity contribution in [3.63, 3.8) is 0 Å². The van der Waals surface area contributed by atoms with Gasteiger partial charge in [-0.25, -0.2) is 4.79 Å². The van der Waals surface area contributed by atoms with Crippen molar-refractivity contribution in [2.75, 3.05) is 0 Å². The van der Waals surface area contributed by atoms with Gasteiger partial charge in [0.05, 0.1) is 6.26 Å². The first-order chi connectivity index (χ1) is 5.02. The lowest BCUT2D eigenvalue weighted by Gasteiger charge is -2.10. The van der Waals surface area contributed by atoms with E-state index in [2.05, 4.69) is 4.42 Å². The van der Waals surface area contributed by atoms with Gasteiger partial charge in [-0.1, -0.05) is 6.07 Å². The second-order valence-corrected chi connectivity index (χ2v) is 1.93. The maximum Gasteiger partial charge on any atom is 0.516 e. The second kappa shape index (κ2) is 2.45. The van der Waals surface area contributed by atoms with Crippen LogP contribution >= 0.6 is 0 Å². The molecule has 0 amide bonds. The van der Waals surface area contributed by atoms with Crippen molar-refractivity contribution in [1.82, 2.24) is 0 Å². The molecule has 0 aliphatic heterocycles. The largest absolute Gasteiger partial charge is 0.516 e. The van der Waals surface area contributed by atoms with Crippen LogP contribution in [0.3, 0.4) is 0 Å². The first-order valence-electron chi connectivity index (χ1n) is 2.79. The Balaban J connectivity index is 3.26. The lowest BCUT2D eigenvalue weighted by atomic mass is 9.82. The highest BCUT2D eigenvalue weighted by atomic mass is 19.4. The standard InChI is InChI=1S/C5H3BF3O2/c7-6(8,9)4-2-1-3-11-5(4)10/h1-3H/q-1. The van der Waals surface area contributed by atoms with Crippen molar-refractivity contribution in [3.8, 4) is 0 Å². The van der Waals surface area contributed by atoms with E-state index >= 15 is 0 Å². The Morgan fingerprint density at radius 3 is 2.36 bits per heavy atom. The van der Waals surface area contributed by atoms with Crippen LogP contribution in [-0.2, 0) is 0 Å². The molecule has 0 spiro atoms. The van der Waals surface area contributed by atoms with E-state index < -0.39 is 18.1 Å². The molecule has 0 fully saturated rings. The Hall–Kier alpha value is -1.20. The molecule has 1 rings (SSSR count). The molecule has 60 valence electrons. The molecule has 0 aliphatic carbocycles. The molecule has 2 nitrogen and oxygen atoms in total. The number of hydrogen-bond donors (Lipinski definition) is 0. The van der Waals surface area contributed by atoms with Crippen molar-refractivity contribution in [1.29, 1.82) is 0 Å². The van der Waals surface area contributed by atoms with E-state index in [9.17, 15) is 17.7 Å². The van der Waals surface area contributed by atoms with Crippen molar-refractivity contribution < 1.29 is 17.4 Å². The van der Waals surface area contributed by atoms with E-state index in [1.807, 2.05) is 0 Å². The average molecular weight is 163 g/mol. The normalized spacial score (nSPS) is 11.5. The number of hydrogen-bond acceptors (Lipinski definition) is 2. The smallest absolute Gasteiger partial charge is 0.445 e. The summed E-state index contributed by atoms with van der Waals surface area (Å²) in [6, 6.07) is 1.73. The zero-order valence-corrected chi connectivity index (χ0v) is 5.26. The van der Waals surface area contributed by atoms with Crippen LogP contribution in [-0.4, -0.2) is 6.98 Å². The third-order valence-electron chi connectivity index (χ3n) is 1.12. The SMILES string of the molecule is O=c1occcc1[B-](F)(F)F. The quantitative estimate of drug-likeness (QED) is 0.570. The van der Waals surface area contributed by atoms with E-state index in [0.717, 1.165) is 12.3 Å². The first-order valence-corrected chi connectivity index (χ1v) is 2.79. The van der Waals surface area contributed by atoms with Crippen molar-refractivity contribution in [3.05, 3.63) is 28.8 Å². The van der Waals surface area contributed by atoms with Gasteiger partial charge < -0.3 is 17.4 Å². The van der Waals surface area contributed by atoms with Crippen LogP contribution < -0.4 is 11.1 Å². The van der Waals surface area contributed by atoms with E-state index in [1.165, 1.54) is 0 Å². The fourth-order valence-corrected chi connectivity index (χ4v) is 0.623. The summed E-state index contributed by atoms with van der Waals surface area (Å²) in [4.78, 5) is 10.4. The van der Waals surface area contributed by atoms with Gasteiger partial charge in [0.2, 0.25) is 0 Å². The molecule has 0 N–H and O–H groups in total. The molecule has 11 heavy (non-hydrogen) atoms. The fraction of sp³-hybridized carbons (Fsp3) is 0. The zero-order chi connectivity index (χ0) is 8.48. The molecule has 0 radical (unpaired) electrons. The summed E-state index contributed by atoms with van der Waals surface area (Å²) in [5.41, 5.74) is -2.55. The van der Waals surface area contributed by atoms with Gasteiger partial charge in [0.15, 0.2) is 0 Å².